The predicted molar refractivity (Wildman–Crippen MR) is 85.9 cm³/mol. The Hall–Kier alpha value is -2.82. The van der Waals surface area contributed by atoms with Crippen LogP contribution in [0.25, 0.3) is 0 Å². The van der Waals surface area contributed by atoms with Crippen molar-refractivity contribution in [2.45, 2.75) is 13.8 Å². The zero-order valence-corrected chi connectivity index (χ0v) is 12.5. The molecule has 0 aliphatic rings. The highest BCUT2D eigenvalue weighted by molar-refractivity contribution is 5.92. The second-order valence-corrected chi connectivity index (χ2v) is 4.90. The minimum absolute atomic E-state index is 0.0686. The number of anilines is 1. The molecule has 22 heavy (non-hydrogen) atoms. The molecule has 0 unspecified atom stereocenters. The first-order valence-electron chi connectivity index (χ1n) is 6.86. The van der Waals surface area contributed by atoms with E-state index >= 15 is 0 Å². The fraction of sp³-hybridized carbons (Fsp3) is 0.176. The van der Waals surface area contributed by atoms with Crippen molar-refractivity contribution in [3.63, 3.8) is 0 Å². The van der Waals surface area contributed by atoms with Gasteiger partial charge in [-0.05, 0) is 60.9 Å². The molecule has 0 spiro atoms. The van der Waals surface area contributed by atoms with Gasteiger partial charge in [0.1, 0.15) is 5.75 Å². The SMILES string of the molecule is Cc1cccc(NC(=O)COc2ccc(/C=N/O)cc2)c1C. The van der Waals surface area contributed by atoms with Crippen molar-refractivity contribution in [1.29, 1.82) is 0 Å². The molecule has 0 saturated carbocycles. The number of aryl methyl sites for hydroxylation is 1. The summed E-state index contributed by atoms with van der Waals surface area (Å²) in [5.41, 5.74) is 3.71. The maximum Gasteiger partial charge on any atom is 0.262 e. The molecule has 0 aromatic heterocycles. The number of ether oxygens (including phenoxy) is 1. The van der Waals surface area contributed by atoms with E-state index in [9.17, 15) is 4.79 Å². The Morgan fingerprint density at radius 3 is 2.64 bits per heavy atom. The van der Waals surface area contributed by atoms with Gasteiger partial charge in [-0.1, -0.05) is 17.3 Å². The Labute approximate surface area is 129 Å². The lowest BCUT2D eigenvalue weighted by Crippen LogP contribution is -2.20. The van der Waals surface area contributed by atoms with Gasteiger partial charge in [-0.2, -0.15) is 0 Å². The van der Waals surface area contributed by atoms with Crippen LogP contribution in [-0.2, 0) is 4.79 Å². The second kappa shape index (κ2) is 7.26. The maximum atomic E-state index is 11.9. The fourth-order valence-electron chi connectivity index (χ4n) is 1.94. The summed E-state index contributed by atoms with van der Waals surface area (Å²) in [6.45, 7) is 3.90. The molecule has 2 aromatic carbocycles. The third kappa shape index (κ3) is 4.09. The van der Waals surface area contributed by atoms with Crippen LogP contribution in [0, 0.1) is 13.8 Å². The smallest absolute Gasteiger partial charge is 0.262 e. The minimum atomic E-state index is -0.213. The number of rotatable bonds is 5. The van der Waals surface area contributed by atoms with Crippen LogP contribution in [0.5, 0.6) is 5.75 Å². The summed E-state index contributed by atoms with van der Waals surface area (Å²) in [4.78, 5) is 11.9. The van der Waals surface area contributed by atoms with Crippen LogP contribution in [-0.4, -0.2) is 23.9 Å². The number of carbonyl (C=O) groups excluding carboxylic acids is 1. The largest absolute Gasteiger partial charge is 0.484 e. The summed E-state index contributed by atoms with van der Waals surface area (Å²) in [6, 6.07) is 12.7. The molecule has 2 N–H and O–H groups in total. The Bertz CT molecular complexity index is 679. The summed E-state index contributed by atoms with van der Waals surface area (Å²) in [6.07, 6.45) is 1.32. The Kier molecular flexibility index (Phi) is 5.14. The number of nitrogens with one attached hydrogen (secondary N) is 1. The maximum absolute atomic E-state index is 11.9. The van der Waals surface area contributed by atoms with Gasteiger partial charge in [0.2, 0.25) is 0 Å². The van der Waals surface area contributed by atoms with Crippen LogP contribution in [0.15, 0.2) is 47.6 Å². The van der Waals surface area contributed by atoms with E-state index in [4.69, 9.17) is 9.94 Å². The molecule has 0 heterocycles. The van der Waals surface area contributed by atoms with Gasteiger partial charge in [0.05, 0.1) is 6.21 Å². The lowest BCUT2D eigenvalue weighted by molar-refractivity contribution is -0.118. The summed E-state index contributed by atoms with van der Waals surface area (Å²) >= 11 is 0. The van der Waals surface area contributed by atoms with Crippen molar-refractivity contribution >= 4 is 17.8 Å². The van der Waals surface area contributed by atoms with E-state index in [1.54, 1.807) is 24.3 Å². The monoisotopic (exact) mass is 298 g/mol. The van der Waals surface area contributed by atoms with Gasteiger partial charge in [-0.25, -0.2) is 0 Å². The number of nitrogens with zero attached hydrogens (tertiary/aromatic N) is 1. The Morgan fingerprint density at radius 2 is 1.95 bits per heavy atom. The molecule has 2 aromatic rings. The third-order valence-electron chi connectivity index (χ3n) is 3.34. The van der Waals surface area contributed by atoms with Gasteiger partial charge >= 0.3 is 0 Å². The second-order valence-electron chi connectivity index (χ2n) is 4.90. The first kappa shape index (κ1) is 15.6. The average Bonchev–Trinajstić information content (AvgIpc) is 2.51. The number of hydrogen-bond acceptors (Lipinski definition) is 4. The zero-order chi connectivity index (χ0) is 15.9. The van der Waals surface area contributed by atoms with Gasteiger partial charge in [-0.3, -0.25) is 4.79 Å². The van der Waals surface area contributed by atoms with Gasteiger partial charge in [0.15, 0.2) is 6.61 Å². The van der Waals surface area contributed by atoms with Crippen molar-refractivity contribution in [2.24, 2.45) is 5.16 Å². The lowest BCUT2D eigenvalue weighted by atomic mass is 10.1. The summed E-state index contributed by atoms with van der Waals surface area (Å²) in [5.74, 6) is 0.362. The average molecular weight is 298 g/mol. The van der Waals surface area contributed by atoms with E-state index in [0.717, 1.165) is 22.4 Å². The quantitative estimate of drug-likeness (QED) is 0.506. The van der Waals surface area contributed by atoms with E-state index in [1.165, 1.54) is 6.21 Å². The molecule has 5 nitrogen and oxygen atoms in total. The number of benzene rings is 2. The molecule has 0 fully saturated rings. The molecule has 5 heteroatoms. The number of hydrogen-bond donors (Lipinski definition) is 2. The van der Waals surface area contributed by atoms with E-state index in [-0.39, 0.29) is 12.5 Å². The number of amides is 1. The molecular weight excluding hydrogens is 280 g/mol. The summed E-state index contributed by atoms with van der Waals surface area (Å²) < 4.78 is 5.42. The topological polar surface area (TPSA) is 70.9 Å². The van der Waals surface area contributed by atoms with Crippen LogP contribution in [0.4, 0.5) is 5.69 Å². The molecular formula is C17H18N2O3. The molecule has 1 amide bonds. The standard InChI is InChI=1S/C17H18N2O3/c1-12-4-3-5-16(13(12)2)19-17(20)11-22-15-8-6-14(7-9-15)10-18-21/h3-10,21H,11H2,1-2H3,(H,19,20)/b18-10+. The van der Waals surface area contributed by atoms with Crippen LogP contribution < -0.4 is 10.1 Å². The van der Waals surface area contributed by atoms with E-state index in [1.807, 2.05) is 32.0 Å². The van der Waals surface area contributed by atoms with Gasteiger partial charge in [0, 0.05) is 5.69 Å². The number of oxime groups is 1. The normalized spacial score (nSPS) is 10.6. The first-order valence-corrected chi connectivity index (χ1v) is 6.86. The van der Waals surface area contributed by atoms with Gasteiger partial charge < -0.3 is 15.3 Å². The molecule has 0 bridgehead atoms. The molecule has 0 aliphatic heterocycles. The lowest BCUT2D eigenvalue weighted by Gasteiger charge is -2.11. The molecule has 0 aliphatic carbocycles. The fourth-order valence-corrected chi connectivity index (χ4v) is 1.94. The van der Waals surface area contributed by atoms with Crippen molar-refractivity contribution in [2.75, 3.05) is 11.9 Å². The van der Waals surface area contributed by atoms with Gasteiger partial charge in [-0.15, -0.1) is 0 Å². The van der Waals surface area contributed by atoms with Crippen molar-refractivity contribution in [1.82, 2.24) is 0 Å². The molecule has 114 valence electrons. The van der Waals surface area contributed by atoms with Crippen LogP contribution in [0.3, 0.4) is 0 Å². The Morgan fingerprint density at radius 1 is 1.23 bits per heavy atom. The summed E-state index contributed by atoms with van der Waals surface area (Å²) in [7, 11) is 0. The summed E-state index contributed by atoms with van der Waals surface area (Å²) in [5, 5.41) is 14.2. The van der Waals surface area contributed by atoms with Gasteiger partial charge in [0.25, 0.3) is 5.91 Å². The molecule has 0 atom stereocenters. The van der Waals surface area contributed by atoms with Crippen molar-refractivity contribution in [3.8, 4) is 5.75 Å². The predicted octanol–water partition coefficient (Wildman–Crippen LogP) is 3.13. The molecule has 2 rings (SSSR count). The van der Waals surface area contributed by atoms with E-state index in [2.05, 4.69) is 10.5 Å². The number of carbonyl (C=O) groups is 1. The van der Waals surface area contributed by atoms with Crippen molar-refractivity contribution < 1.29 is 14.7 Å². The van der Waals surface area contributed by atoms with Crippen LogP contribution in [0.1, 0.15) is 16.7 Å². The first-order chi connectivity index (χ1) is 10.6. The zero-order valence-electron chi connectivity index (χ0n) is 12.5. The molecule has 0 saturated heterocycles. The highest BCUT2D eigenvalue weighted by Gasteiger charge is 2.06. The van der Waals surface area contributed by atoms with E-state index in [0.29, 0.717) is 5.75 Å². The van der Waals surface area contributed by atoms with E-state index < -0.39 is 0 Å². The van der Waals surface area contributed by atoms with Crippen molar-refractivity contribution in [3.05, 3.63) is 59.2 Å². The highest BCUT2D eigenvalue weighted by Crippen LogP contribution is 2.18. The minimum Gasteiger partial charge on any atom is -0.484 e. The van der Waals surface area contributed by atoms with Crippen LogP contribution in [0.2, 0.25) is 0 Å². The molecule has 0 radical (unpaired) electrons. The third-order valence-corrected chi connectivity index (χ3v) is 3.34. The Balaban J connectivity index is 1.91. The highest BCUT2D eigenvalue weighted by atomic mass is 16.5. The van der Waals surface area contributed by atoms with Crippen LogP contribution >= 0.6 is 0 Å².